The molecule has 1 saturated heterocycles. The number of anilines is 4. The third kappa shape index (κ3) is 3.86. The predicted octanol–water partition coefficient (Wildman–Crippen LogP) is 4.74. The largest absolute Gasteiger partial charge is 0.372 e. The Balaban J connectivity index is 1.37. The zero-order valence-electron chi connectivity index (χ0n) is 14.3. The van der Waals surface area contributed by atoms with E-state index in [1.165, 1.54) is 29.9 Å². The Morgan fingerprint density at radius 2 is 1.77 bits per heavy atom. The van der Waals surface area contributed by atoms with Gasteiger partial charge in [-0.3, -0.25) is 4.79 Å². The molecule has 1 aliphatic heterocycles. The minimum atomic E-state index is -0.134. The van der Waals surface area contributed by atoms with E-state index in [9.17, 15) is 4.79 Å². The predicted molar refractivity (Wildman–Crippen MR) is 108 cm³/mol. The van der Waals surface area contributed by atoms with Crippen LogP contribution in [0.5, 0.6) is 0 Å². The number of pyridine rings is 1. The fraction of sp³-hybridized carbons (Fsp3) is 0.200. The summed E-state index contributed by atoms with van der Waals surface area (Å²) in [5.74, 6) is 0.407. The van der Waals surface area contributed by atoms with Gasteiger partial charge in [0.1, 0.15) is 5.82 Å². The molecule has 0 saturated carbocycles. The molecule has 0 spiro atoms. The van der Waals surface area contributed by atoms with Gasteiger partial charge in [0.15, 0.2) is 0 Å². The number of nitrogens with one attached hydrogen (secondary N) is 2. The SMILES string of the molecule is O=C(Nc1ccc(Nc2ccc(N3CCCC3)cc2)cn1)c1cccs1. The topological polar surface area (TPSA) is 57.3 Å². The average Bonchev–Trinajstić information content (AvgIpc) is 3.38. The number of thiophene rings is 1. The van der Waals surface area contributed by atoms with E-state index in [2.05, 4.69) is 44.8 Å². The maximum atomic E-state index is 12.0. The lowest BCUT2D eigenvalue weighted by molar-refractivity contribution is 0.103. The first-order valence-electron chi connectivity index (χ1n) is 8.71. The van der Waals surface area contributed by atoms with Gasteiger partial charge in [-0.2, -0.15) is 0 Å². The van der Waals surface area contributed by atoms with Crippen LogP contribution in [0.1, 0.15) is 22.5 Å². The lowest BCUT2D eigenvalue weighted by Crippen LogP contribution is -2.17. The molecule has 0 aliphatic carbocycles. The number of hydrogen-bond donors (Lipinski definition) is 2. The van der Waals surface area contributed by atoms with E-state index in [-0.39, 0.29) is 5.91 Å². The van der Waals surface area contributed by atoms with Crippen molar-refractivity contribution in [1.82, 2.24) is 4.98 Å². The highest BCUT2D eigenvalue weighted by Crippen LogP contribution is 2.24. The third-order valence-electron chi connectivity index (χ3n) is 4.38. The fourth-order valence-electron chi connectivity index (χ4n) is 3.03. The maximum absolute atomic E-state index is 12.0. The van der Waals surface area contributed by atoms with Crippen LogP contribution < -0.4 is 15.5 Å². The molecule has 2 aromatic heterocycles. The Morgan fingerprint density at radius 3 is 2.42 bits per heavy atom. The Kier molecular flexibility index (Phi) is 4.84. The lowest BCUT2D eigenvalue weighted by Gasteiger charge is -2.18. The van der Waals surface area contributed by atoms with Gasteiger partial charge in [-0.15, -0.1) is 11.3 Å². The zero-order chi connectivity index (χ0) is 17.8. The standard InChI is InChI=1S/C20H20N4OS/c25-20(18-4-3-13-26-18)23-19-10-7-16(14-21-19)22-15-5-8-17(9-6-15)24-11-1-2-12-24/h3-10,13-14,22H,1-2,11-12H2,(H,21,23,25). The summed E-state index contributed by atoms with van der Waals surface area (Å²) >= 11 is 1.41. The first-order chi connectivity index (χ1) is 12.8. The minimum Gasteiger partial charge on any atom is -0.372 e. The molecule has 1 amide bonds. The Bertz CT molecular complexity index is 854. The molecule has 4 rings (SSSR count). The molecule has 0 bridgehead atoms. The fourth-order valence-corrected chi connectivity index (χ4v) is 3.64. The van der Waals surface area contributed by atoms with E-state index < -0.39 is 0 Å². The van der Waals surface area contributed by atoms with Crippen LogP contribution in [0.4, 0.5) is 22.9 Å². The second-order valence-electron chi connectivity index (χ2n) is 6.23. The first kappa shape index (κ1) is 16.6. The quantitative estimate of drug-likeness (QED) is 0.687. The van der Waals surface area contributed by atoms with Crippen LogP contribution in [-0.2, 0) is 0 Å². The van der Waals surface area contributed by atoms with Crippen LogP contribution in [0.3, 0.4) is 0 Å². The molecule has 3 aromatic rings. The van der Waals surface area contributed by atoms with Gasteiger partial charge in [-0.05, 0) is 60.7 Å². The Labute approximate surface area is 156 Å². The van der Waals surface area contributed by atoms with E-state index in [0.717, 1.165) is 24.5 Å². The van der Waals surface area contributed by atoms with Crippen molar-refractivity contribution >= 4 is 40.1 Å². The van der Waals surface area contributed by atoms with E-state index in [0.29, 0.717) is 10.7 Å². The maximum Gasteiger partial charge on any atom is 0.266 e. The molecule has 0 atom stereocenters. The van der Waals surface area contributed by atoms with Crippen molar-refractivity contribution in [2.75, 3.05) is 28.6 Å². The number of aromatic nitrogens is 1. The first-order valence-corrected chi connectivity index (χ1v) is 9.59. The summed E-state index contributed by atoms with van der Waals surface area (Å²) in [5, 5.41) is 8.02. The van der Waals surface area contributed by atoms with Gasteiger partial charge >= 0.3 is 0 Å². The molecule has 1 fully saturated rings. The highest BCUT2D eigenvalue weighted by molar-refractivity contribution is 7.12. The van der Waals surface area contributed by atoms with Gasteiger partial charge in [0.05, 0.1) is 16.8 Å². The van der Waals surface area contributed by atoms with Gasteiger partial charge in [-0.25, -0.2) is 4.98 Å². The van der Waals surface area contributed by atoms with Crippen molar-refractivity contribution in [3.63, 3.8) is 0 Å². The molecule has 0 unspecified atom stereocenters. The van der Waals surface area contributed by atoms with Crippen molar-refractivity contribution in [3.8, 4) is 0 Å². The van der Waals surface area contributed by atoms with Crippen LogP contribution in [0, 0.1) is 0 Å². The van der Waals surface area contributed by atoms with Crippen LogP contribution >= 0.6 is 11.3 Å². The summed E-state index contributed by atoms with van der Waals surface area (Å²) in [6.07, 6.45) is 4.28. The van der Waals surface area contributed by atoms with Crippen LogP contribution in [0.25, 0.3) is 0 Å². The average molecular weight is 364 g/mol. The minimum absolute atomic E-state index is 0.134. The summed E-state index contributed by atoms with van der Waals surface area (Å²) in [5.41, 5.74) is 3.18. The zero-order valence-corrected chi connectivity index (χ0v) is 15.1. The number of carbonyl (C=O) groups is 1. The number of amides is 1. The van der Waals surface area contributed by atoms with Gasteiger partial charge in [0.2, 0.25) is 0 Å². The number of benzene rings is 1. The second-order valence-corrected chi connectivity index (χ2v) is 7.18. The number of hydrogen-bond acceptors (Lipinski definition) is 5. The molecule has 3 heterocycles. The van der Waals surface area contributed by atoms with E-state index in [1.54, 1.807) is 18.3 Å². The van der Waals surface area contributed by atoms with Crippen molar-refractivity contribution in [3.05, 3.63) is 65.0 Å². The van der Waals surface area contributed by atoms with Crippen LogP contribution in [-0.4, -0.2) is 24.0 Å². The normalized spacial score (nSPS) is 13.6. The smallest absolute Gasteiger partial charge is 0.266 e. The lowest BCUT2D eigenvalue weighted by atomic mass is 10.2. The summed E-state index contributed by atoms with van der Waals surface area (Å²) in [6, 6.07) is 15.8. The van der Waals surface area contributed by atoms with Crippen molar-refractivity contribution in [2.24, 2.45) is 0 Å². The van der Waals surface area contributed by atoms with Crippen LogP contribution in [0.15, 0.2) is 60.1 Å². The molecule has 0 radical (unpaired) electrons. The summed E-state index contributed by atoms with van der Waals surface area (Å²) in [7, 11) is 0. The Morgan fingerprint density at radius 1 is 1.00 bits per heavy atom. The Hall–Kier alpha value is -2.86. The summed E-state index contributed by atoms with van der Waals surface area (Å²) in [6.45, 7) is 2.30. The third-order valence-corrected chi connectivity index (χ3v) is 5.25. The van der Waals surface area contributed by atoms with Gasteiger partial charge < -0.3 is 15.5 Å². The molecule has 6 heteroatoms. The molecule has 1 aliphatic rings. The second kappa shape index (κ2) is 7.58. The molecular formula is C20H20N4OS. The van der Waals surface area contributed by atoms with Crippen molar-refractivity contribution in [1.29, 1.82) is 0 Å². The molecule has 2 N–H and O–H groups in total. The summed E-state index contributed by atoms with van der Waals surface area (Å²) in [4.78, 5) is 19.4. The summed E-state index contributed by atoms with van der Waals surface area (Å²) < 4.78 is 0. The molecule has 132 valence electrons. The van der Waals surface area contributed by atoms with Crippen molar-refractivity contribution < 1.29 is 4.79 Å². The van der Waals surface area contributed by atoms with Crippen molar-refractivity contribution in [2.45, 2.75) is 12.8 Å². The number of nitrogens with zero attached hydrogens (tertiary/aromatic N) is 2. The van der Waals surface area contributed by atoms with E-state index in [1.807, 2.05) is 17.5 Å². The van der Waals surface area contributed by atoms with E-state index in [4.69, 9.17) is 0 Å². The molecular weight excluding hydrogens is 344 g/mol. The monoisotopic (exact) mass is 364 g/mol. The van der Waals surface area contributed by atoms with E-state index >= 15 is 0 Å². The highest BCUT2D eigenvalue weighted by Gasteiger charge is 2.12. The van der Waals surface area contributed by atoms with Crippen LogP contribution in [0.2, 0.25) is 0 Å². The highest BCUT2D eigenvalue weighted by atomic mass is 32.1. The molecule has 5 nitrogen and oxygen atoms in total. The van der Waals surface area contributed by atoms with Gasteiger partial charge in [0.25, 0.3) is 5.91 Å². The molecule has 1 aromatic carbocycles. The van der Waals surface area contributed by atoms with Gasteiger partial charge in [0, 0.05) is 24.5 Å². The number of rotatable bonds is 5. The van der Waals surface area contributed by atoms with Gasteiger partial charge in [-0.1, -0.05) is 6.07 Å². The molecule has 26 heavy (non-hydrogen) atoms. The number of carbonyl (C=O) groups excluding carboxylic acids is 1.